The molecular formula is C15H20N2O2S. The molecule has 0 bridgehead atoms. The van der Waals surface area contributed by atoms with Crippen molar-refractivity contribution in [1.29, 1.82) is 0 Å². The fourth-order valence-electron chi connectivity index (χ4n) is 2.04. The van der Waals surface area contributed by atoms with E-state index < -0.39 is 0 Å². The summed E-state index contributed by atoms with van der Waals surface area (Å²) in [4.78, 5) is 13.2. The van der Waals surface area contributed by atoms with E-state index in [1.165, 1.54) is 16.0 Å². The first kappa shape index (κ1) is 14.8. The number of rotatable bonds is 5. The smallest absolute Gasteiger partial charge is 0.273 e. The summed E-state index contributed by atoms with van der Waals surface area (Å²) in [5, 5.41) is 16.6. The van der Waals surface area contributed by atoms with Gasteiger partial charge in [-0.1, -0.05) is 26.8 Å². The first-order valence-electron chi connectivity index (χ1n) is 6.91. The van der Waals surface area contributed by atoms with Gasteiger partial charge in [-0.25, -0.2) is 4.68 Å². The van der Waals surface area contributed by atoms with Crippen LogP contribution in [0.5, 0.6) is 5.75 Å². The highest BCUT2D eigenvalue weighted by Gasteiger charge is 2.17. The van der Waals surface area contributed by atoms with Crippen molar-refractivity contribution in [2.75, 3.05) is 0 Å². The molecule has 0 aliphatic carbocycles. The highest BCUT2D eigenvalue weighted by Crippen LogP contribution is 2.31. The van der Waals surface area contributed by atoms with Gasteiger partial charge in [0.2, 0.25) is 0 Å². The maximum absolute atomic E-state index is 12.3. The Kier molecular flexibility index (Phi) is 4.60. The number of thiophene rings is 1. The summed E-state index contributed by atoms with van der Waals surface area (Å²) >= 11 is 1.51. The summed E-state index contributed by atoms with van der Waals surface area (Å²) in [6, 6.07) is 3.82. The second-order valence-corrected chi connectivity index (χ2v) is 6.17. The molecule has 2 rings (SSSR count). The van der Waals surface area contributed by atoms with Gasteiger partial charge in [0.25, 0.3) is 5.56 Å². The normalized spacial score (nSPS) is 11.2. The molecule has 0 aliphatic heterocycles. The van der Waals surface area contributed by atoms with Crippen LogP contribution in [0, 0.1) is 5.92 Å². The van der Waals surface area contributed by atoms with Gasteiger partial charge in [0.1, 0.15) is 5.69 Å². The van der Waals surface area contributed by atoms with E-state index in [9.17, 15) is 9.90 Å². The SMILES string of the molecule is CCc1c(O)c(-c2cccs2)nn(CCC(C)C)c1=O. The zero-order valence-electron chi connectivity index (χ0n) is 12.1. The molecule has 5 heteroatoms. The van der Waals surface area contributed by atoms with Crippen molar-refractivity contribution in [2.24, 2.45) is 5.92 Å². The third kappa shape index (κ3) is 2.93. The summed E-state index contributed by atoms with van der Waals surface area (Å²) in [5.74, 6) is 0.536. The molecule has 0 spiro atoms. The van der Waals surface area contributed by atoms with Crippen LogP contribution in [0.1, 0.15) is 32.8 Å². The topological polar surface area (TPSA) is 55.1 Å². The van der Waals surface area contributed by atoms with Crippen LogP contribution in [0.3, 0.4) is 0 Å². The molecule has 0 aromatic carbocycles. The molecule has 1 N–H and O–H groups in total. The van der Waals surface area contributed by atoms with Crippen molar-refractivity contribution >= 4 is 11.3 Å². The lowest BCUT2D eigenvalue weighted by atomic mass is 10.1. The molecule has 2 aromatic heterocycles. The molecule has 20 heavy (non-hydrogen) atoms. The summed E-state index contributed by atoms with van der Waals surface area (Å²) in [6.07, 6.45) is 1.40. The number of aromatic hydroxyl groups is 1. The predicted octanol–water partition coefficient (Wildman–Crippen LogP) is 3.29. The van der Waals surface area contributed by atoms with E-state index in [1.54, 1.807) is 0 Å². The number of hydrogen-bond acceptors (Lipinski definition) is 4. The lowest BCUT2D eigenvalue weighted by molar-refractivity contribution is 0.438. The van der Waals surface area contributed by atoms with E-state index in [1.807, 2.05) is 24.4 Å². The van der Waals surface area contributed by atoms with E-state index in [4.69, 9.17) is 0 Å². The van der Waals surface area contributed by atoms with Crippen LogP contribution in [-0.4, -0.2) is 14.9 Å². The predicted molar refractivity (Wildman–Crippen MR) is 82.3 cm³/mol. The summed E-state index contributed by atoms with van der Waals surface area (Å²) in [6.45, 7) is 6.70. The van der Waals surface area contributed by atoms with Gasteiger partial charge < -0.3 is 5.11 Å². The van der Waals surface area contributed by atoms with E-state index in [0.29, 0.717) is 30.1 Å². The third-order valence-electron chi connectivity index (χ3n) is 3.25. The van der Waals surface area contributed by atoms with Crippen molar-refractivity contribution in [3.8, 4) is 16.3 Å². The lowest BCUT2D eigenvalue weighted by Crippen LogP contribution is -2.27. The minimum atomic E-state index is -0.175. The summed E-state index contributed by atoms with van der Waals surface area (Å²) in [5.41, 5.74) is 0.790. The average molecular weight is 292 g/mol. The number of aryl methyl sites for hydroxylation is 1. The first-order chi connectivity index (χ1) is 9.54. The van der Waals surface area contributed by atoms with Crippen molar-refractivity contribution < 1.29 is 5.11 Å². The third-order valence-corrected chi connectivity index (χ3v) is 4.13. The molecular weight excluding hydrogens is 272 g/mol. The van der Waals surface area contributed by atoms with Gasteiger partial charge >= 0.3 is 0 Å². The second-order valence-electron chi connectivity index (χ2n) is 5.22. The monoisotopic (exact) mass is 292 g/mol. The van der Waals surface area contributed by atoms with Crippen molar-refractivity contribution in [1.82, 2.24) is 9.78 Å². The average Bonchev–Trinajstić information content (AvgIpc) is 2.92. The quantitative estimate of drug-likeness (QED) is 0.920. The molecule has 0 saturated heterocycles. The summed E-state index contributed by atoms with van der Waals surface area (Å²) < 4.78 is 1.49. The van der Waals surface area contributed by atoms with E-state index in [0.717, 1.165) is 11.3 Å². The standard InChI is InChI=1S/C15H20N2O2S/c1-4-11-14(18)13(12-6-5-9-20-12)16-17(15(11)19)8-7-10(2)3/h5-6,9-10,18H,4,7-8H2,1-3H3. The molecule has 0 fully saturated rings. The van der Waals surface area contributed by atoms with Crippen LogP contribution in [0.25, 0.3) is 10.6 Å². The Morgan fingerprint density at radius 3 is 2.75 bits per heavy atom. The first-order valence-corrected chi connectivity index (χ1v) is 7.79. The molecule has 0 aliphatic rings. The Bertz CT molecular complexity index is 630. The minimum Gasteiger partial charge on any atom is -0.505 e. The fourth-order valence-corrected chi connectivity index (χ4v) is 2.75. The van der Waals surface area contributed by atoms with Gasteiger partial charge in [-0.3, -0.25) is 4.79 Å². The van der Waals surface area contributed by atoms with Crippen molar-refractivity contribution in [2.45, 2.75) is 40.2 Å². The Morgan fingerprint density at radius 1 is 1.45 bits per heavy atom. The lowest BCUT2D eigenvalue weighted by Gasteiger charge is -2.12. The zero-order chi connectivity index (χ0) is 14.7. The Labute approximate surface area is 122 Å². The largest absolute Gasteiger partial charge is 0.505 e. The van der Waals surface area contributed by atoms with Gasteiger partial charge in [0.15, 0.2) is 5.75 Å². The van der Waals surface area contributed by atoms with E-state index >= 15 is 0 Å². The van der Waals surface area contributed by atoms with Crippen LogP contribution in [0.15, 0.2) is 22.3 Å². The molecule has 0 atom stereocenters. The number of aromatic nitrogens is 2. The fraction of sp³-hybridized carbons (Fsp3) is 0.467. The van der Waals surface area contributed by atoms with Crippen molar-refractivity contribution in [3.05, 3.63) is 33.4 Å². The highest BCUT2D eigenvalue weighted by atomic mass is 32.1. The van der Waals surface area contributed by atoms with Crippen LogP contribution in [-0.2, 0) is 13.0 Å². The van der Waals surface area contributed by atoms with Gasteiger partial charge in [0.05, 0.1) is 10.4 Å². The van der Waals surface area contributed by atoms with Crippen LogP contribution >= 0.6 is 11.3 Å². The molecule has 2 heterocycles. The van der Waals surface area contributed by atoms with Gasteiger partial charge in [-0.2, -0.15) is 5.10 Å². The zero-order valence-corrected chi connectivity index (χ0v) is 12.9. The molecule has 108 valence electrons. The maximum atomic E-state index is 12.3. The summed E-state index contributed by atoms with van der Waals surface area (Å²) in [7, 11) is 0. The van der Waals surface area contributed by atoms with Crippen molar-refractivity contribution in [3.63, 3.8) is 0 Å². The molecule has 2 aromatic rings. The molecule has 0 radical (unpaired) electrons. The Hall–Kier alpha value is -1.62. The van der Waals surface area contributed by atoms with Gasteiger partial charge in [-0.05, 0) is 30.2 Å². The Balaban J connectivity index is 2.53. The Morgan fingerprint density at radius 2 is 2.20 bits per heavy atom. The second kappa shape index (κ2) is 6.22. The van der Waals surface area contributed by atoms with Crippen LogP contribution in [0.4, 0.5) is 0 Å². The highest BCUT2D eigenvalue weighted by molar-refractivity contribution is 7.13. The number of hydrogen-bond donors (Lipinski definition) is 1. The molecule has 4 nitrogen and oxygen atoms in total. The molecule has 0 amide bonds. The number of nitrogens with zero attached hydrogens (tertiary/aromatic N) is 2. The van der Waals surface area contributed by atoms with Crippen LogP contribution in [0.2, 0.25) is 0 Å². The van der Waals surface area contributed by atoms with E-state index in [2.05, 4.69) is 18.9 Å². The van der Waals surface area contributed by atoms with Crippen LogP contribution < -0.4 is 5.56 Å². The molecule has 0 saturated carbocycles. The van der Waals surface area contributed by atoms with Gasteiger partial charge in [-0.15, -0.1) is 11.3 Å². The van der Waals surface area contributed by atoms with E-state index in [-0.39, 0.29) is 11.3 Å². The van der Waals surface area contributed by atoms with Gasteiger partial charge in [0, 0.05) is 6.54 Å². The minimum absolute atomic E-state index is 0.0285. The molecule has 0 unspecified atom stereocenters. The maximum Gasteiger partial charge on any atom is 0.273 e.